The van der Waals surface area contributed by atoms with Crippen LogP contribution in [0.15, 0.2) is 24.3 Å². The van der Waals surface area contributed by atoms with Gasteiger partial charge in [-0.3, -0.25) is 14.0 Å². The third kappa shape index (κ3) is 2.79. The molecule has 5 nitrogen and oxygen atoms in total. The lowest BCUT2D eigenvalue weighted by Crippen LogP contribution is -2.43. The fourth-order valence-electron chi connectivity index (χ4n) is 1.42. The number of para-hydroxylation sites is 1. The summed E-state index contributed by atoms with van der Waals surface area (Å²) in [6.45, 7) is -1.14. The fraction of sp³-hybridized carbons (Fsp3) is 0.273. The molecule has 0 aliphatic carbocycles. The molecule has 1 aromatic rings. The molecule has 0 aliphatic heterocycles. The average molecular weight is 240 g/mol. The molecule has 0 heterocycles. The minimum atomic E-state index is -1.58. The minimum absolute atomic E-state index is 0.0897. The standard InChI is InChI=1S/C11H13FN2O3/c12-5-7(9(14)11(16)17)10(15)6-3-1-2-4-8(6)13/h1-4,7,9H,5,13-14H2,(H,16,17)/t7?,9-/m0/s1. The summed E-state index contributed by atoms with van der Waals surface area (Å²) in [4.78, 5) is 22.5. The van der Waals surface area contributed by atoms with E-state index < -0.39 is 30.4 Å². The van der Waals surface area contributed by atoms with Gasteiger partial charge in [-0.2, -0.15) is 0 Å². The summed E-state index contributed by atoms with van der Waals surface area (Å²) >= 11 is 0. The number of carbonyl (C=O) groups excluding carboxylic acids is 1. The molecule has 0 saturated heterocycles. The van der Waals surface area contributed by atoms with E-state index in [9.17, 15) is 14.0 Å². The Morgan fingerprint density at radius 1 is 1.35 bits per heavy atom. The molecule has 1 aromatic carbocycles. The number of hydrogen-bond acceptors (Lipinski definition) is 4. The Kier molecular flexibility index (Phi) is 4.17. The minimum Gasteiger partial charge on any atom is -0.480 e. The number of aliphatic carboxylic acids is 1. The maximum absolute atomic E-state index is 12.7. The van der Waals surface area contributed by atoms with Crippen molar-refractivity contribution < 1.29 is 19.1 Å². The second kappa shape index (κ2) is 5.40. The van der Waals surface area contributed by atoms with Gasteiger partial charge in [0.25, 0.3) is 0 Å². The van der Waals surface area contributed by atoms with E-state index in [0.29, 0.717) is 0 Å². The summed E-state index contributed by atoms with van der Waals surface area (Å²) in [6, 6.07) is 4.50. The van der Waals surface area contributed by atoms with Gasteiger partial charge in [0.15, 0.2) is 5.78 Å². The Labute approximate surface area is 97.2 Å². The van der Waals surface area contributed by atoms with Crippen LogP contribution in [0.3, 0.4) is 0 Å². The second-order valence-corrected chi connectivity index (χ2v) is 3.58. The SMILES string of the molecule is Nc1ccccc1C(=O)C(CF)[C@H](N)C(=O)O. The fourth-order valence-corrected chi connectivity index (χ4v) is 1.42. The van der Waals surface area contributed by atoms with Gasteiger partial charge in [-0.1, -0.05) is 12.1 Å². The Balaban J connectivity index is 3.02. The Morgan fingerprint density at radius 3 is 2.41 bits per heavy atom. The number of nitrogen functional groups attached to an aromatic ring is 1. The van der Waals surface area contributed by atoms with Crippen molar-refractivity contribution in [2.45, 2.75) is 6.04 Å². The van der Waals surface area contributed by atoms with Gasteiger partial charge in [0.1, 0.15) is 12.7 Å². The Hall–Kier alpha value is -1.95. The first kappa shape index (κ1) is 13.1. The van der Waals surface area contributed by atoms with Crippen molar-refractivity contribution in [3.8, 4) is 0 Å². The van der Waals surface area contributed by atoms with Gasteiger partial charge in [-0.25, -0.2) is 0 Å². The van der Waals surface area contributed by atoms with E-state index in [4.69, 9.17) is 16.6 Å². The van der Waals surface area contributed by atoms with Crippen LogP contribution < -0.4 is 11.5 Å². The van der Waals surface area contributed by atoms with Crippen molar-refractivity contribution >= 4 is 17.4 Å². The number of benzene rings is 1. The van der Waals surface area contributed by atoms with Crippen LogP contribution in [0.25, 0.3) is 0 Å². The first-order valence-corrected chi connectivity index (χ1v) is 4.92. The largest absolute Gasteiger partial charge is 0.480 e. The molecule has 0 aliphatic rings. The van der Waals surface area contributed by atoms with Gasteiger partial charge in [0.05, 0.1) is 5.92 Å². The highest BCUT2D eigenvalue weighted by Gasteiger charge is 2.32. The molecule has 0 bridgehead atoms. The number of rotatable bonds is 5. The first-order chi connectivity index (χ1) is 7.99. The number of anilines is 1. The second-order valence-electron chi connectivity index (χ2n) is 3.58. The van der Waals surface area contributed by atoms with Crippen LogP contribution in [0, 0.1) is 5.92 Å². The number of alkyl halides is 1. The summed E-state index contributed by atoms with van der Waals surface area (Å²) in [5.41, 5.74) is 11.1. The van der Waals surface area contributed by atoms with Crippen LogP contribution in [-0.4, -0.2) is 29.6 Å². The van der Waals surface area contributed by atoms with Crippen molar-refractivity contribution in [1.29, 1.82) is 0 Å². The van der Waals surface area contributed by atoms with Gasteiger partial charge in [-0.05, 0) is 12.1 Å². The molecule has 1 unspecified atom stereocenters. The van der Waals surface area contributed by atoms with Crippen LogP contribution in [0.2, 0.25) is 0 Å². The van der Waals surface area contributed by atoms with Crippen molar-refractivity contribution in [3.05, 3.63) is 29.8 Å². The topological polar surface area (TPSA) is 106 Å². The summed E-state index contributed by atoms with van der Waals surface area (Å²) in [7, 11) is 0. The number of hydrogen-bond donors (Lipinski definition) is 3. The molecule has 17 heavy (non-hydrogen) atoms. The third-order valence-electron chi connectivity index (χ3n) is 2.45. The highest BCUT2D eigenvalue weighted by atomic mass is 19.1. The molecular weight excluding hydrogens is 227 g/mol. The highest BCUT2D eigenvalue weighted by molar-refractivity contribution is 6.04. The number of nitrogens with two attached hydrogens (primary N) is 2. The number of carbonyl (C=O) groups is 2. The molecule has 0 spiro atoms. The van der Waals surface area contributed by atoms with Crippen LogP contribution in [-0.2, 0) is 4.79 Å². The van der Waals surface area contributed by atoms with E-state index in [-0.39, 0.29) is 11.3 Å². The average Bonchev–Trinajstić information content (AvgIpc) is 2.30. The molecule has 92 valence electrons. The summed E-state index contributed by atoms with van der Waals surface area (Å²) in [5.74, 6) is -3.53. The summed E-state index contributed by atoms with van der Waals surface area (Å²) in [5, 5.41) is 8.67. The highest BCUT2D eigenvalue weighted by Crippen LogP contribution is 2.18. The molecule has 0 fully saturated rings. The third-order valence-corrected chi connectivity index (χ3v) is 2.45. The molecule has 0 amide bonds. The van der Waals surface area contributed by atoms with Crippen molar-refractivity contribution in [3.63, 3.8) is 0 Å². The lowest BCUT2D eigenvalue weighted by molar-refractivity contribution is -0.139. The maximum Gasteiger partial charge on any atom is 0.321 e. The molecule has 0 radical (unpaired) electrons. The molecule has 6 heteroatoms. The van der Waals surface area contributed by atoms with E-state index in [0.717, 1.165) is 0 Å². The normalized spacial score (nSPS) is 14.0. The zero-order valence-corrected chi connectivity index (χ0v) is 8.97. The van der Waals surface area contributed by atoms with E-state index >= 15 is 0 Å². The van der Waals surface area contributed by atoms with Gasteiger partial charge in [0, 0.05) is 11.3 Å². The molecular formula is C11H13FN2O3. The molecule has 0 saturated carbocycles. The van der Waals surface area contributed by atoms with Gasteiger partial charge in [0.2, 0.25) is 0 Å². The van der Waals surface area contributed by atoms with Crippen molar-refractivity contribution in [2.75, 3.05) is 12.4 Å². The zero-order chi connectivity index (χ0) is 13.0. The number of Topliss-reactive ketones (excluding diaryl/α,β-unsaturated/α-hetero) is 1. The predicted molar refractivity (Wildman–Crippen MR) is 60.3 cm³/mol. The number of ketones is 1. The quantitative estimate of drug-likeness (QED) is 0.511. The van der Waals surface area contributed by atoms with Crippen LogP contribution in [0.4, 0.5) is 10.1 Å². The monoisotopic (exact) mass is 240 g/mol. The van der Waals surface area contributed by atoms with Crippen LogP contribution in [0.5, 0.6) is 0 Å². The van der Waals surface area contributed by atoms with E-state index in [2.05, 4.69) is 0 Å². The summed E-state index contributed by atoms with van der Waals surface area (Å²) < 4.78 is 12.7. The predicted octanol–water partition coefficient (Wildman–Crippen LogP) is 0.449. The number of carboxylic acid groups (broad SMARTS) is 1. The van der Waals surface area contributed by atoms with Crippen LogP contribution in [0.1, 0.15) is 10.4 Å². The van der Waals surface area contributed by atoms with Gasteiger partial charge < -0.3 is 16.6 Å². The zero-order valence-electron chi connectivity index (χ0n) is 8.97. The Morgan fingerprint density at radius 2 is 1.94 bits per heavy atom. The smallest absolute Gasteiger partial charge is 0.321 e. The van der Waals surface area contributed by atoms with E-state index in [1.807, 2.05) is 0 Å². The number of carboxylic acids is 1. The molecule has 0 aromatic heterocycles. The van der Waals surface area contributed by atoms with E-state index in [1.54, 1.807) is 12.1 Å². The molecule has 2 atom stereocenters. The van der Waals surface area contributed by atoms with Gasteiger partial charge in [-0.15, -0.1) is 0 Å². The van der Waals surface area contributed by atoms with Gasteiger partial charge >= 0.3 is 5.97 Å². The lowest BCUT2D eigenvalue weighted by atomic mass is 9.91. The van der Waals surface area contributed by atoms with Crippen molar-refractivity contribution in [2.24, 2.45) is 11.7 Å². The molecule has 5 N–H and O–H groups in total. The Bertz CT molecular complexity index is 436. The maximum atomic E-state index is 12.7. The summed E-state index contributed by atoms with van der Waals surface area (Å²) in [6.07, 6.45) is 0. The van der Waals surface area contributed by atoms with E-state index in [1.165, 1.54) is 12.1 Å². The molecule has 1 rings (SSSR count). The van der Waals surface area contributed by atoms with Crippen LogP contribution >= 0.6 is 0 Å². The lowest BCUT2D eigenvalue weighted by Gasteiger charge is -2.17. The first-order valence-electron chi connectivity index (χ1n) is 4.92. The van der Waals surface area contributed by atoms with Crippen molar-refractivity contribution in [1.82, 2.24) is 0 Å². The number of halogens is 1.